The molecule has 3 aromatic rings. The normalized spacial score (nSPS) is 18.7. The molecule has 220 valence electrons. The van der Waals surface area contributed by atoms with Crippen LogP contribution < -0.4 is 18.9 Å². The van der Waals surface area contributed by atoms with Gasteiger partial charge in [0.15, 0.2) is 40.6 Å². The summed E-state index contributed by atoms with van der Waals surface area (Å²) >= 11 is 0. The second kappa shape index (κ2) is 13.0. The molecular weight excluding hydrogens is 536 g/mol. The quantitative estimate of drug-likeness (QED) is 0.203. The van der Waals surface area contributed by atoms with E-state index in [9.17, 15) is 30.3 Å². The summed E-state index contributed by atoms with van der Waals surface area (Å²) < 4.78 is 26.9. The number of hydrogen-bond acceptors (Lipinski definition) is 11. The molecule has 0 saturated carbocycles. The van der Waals surface area contributed by atoms with E-state index in [0.717, 1.165) is 5.56 Å². The fraction of sp³-hybridized carbons (Fsp3) is 0.367. The van der Waals surface area contributed by atoms with Gasteiger partial charge in [0.2, 0.25) is 0 Å². The van der Waals surface area contributed by atoms with Crippen molar-refractivity contribution >= 4 is 5.97 Å². The smallest absolute Gasteiger partial charge is 0.309 e. The van der Waals surface area contributed by atoms with Crippen LogP contribution in [0.25, 0.3) is 0 Å². The highest BCUT2D eigenvalue weighted by molar-refractivity contribution is 5.75. The molecule has 11 nitrogen and oxygen atoms in total. The maximum absolute atomic E-state index is 12.6. The van der Waals surface area contributed by atoms with E-state index >= 15 is 0 Å². The lowest BCUT2D eigenvalue weighted by Crippen LogP contribution is -2.29. The molecule has 41 heavy (non-hydrogen) atoms. The predicted octanol–water partition coefficient (Wildman–Crippen LogP) is 2.66. The second-order valence-electron chi connectivity index (χ2n) is 9.68. The van der Waals surface area contributed by atoms with Crippen molar-refractivity contribution in [3.05, 3.63) is 71.3 Å². The number of esters is 1. The van der Waals surface area contributed by atoms with Crippen molar-refractivity contribution in [2.75, 3.05) is 34.5 Å². The van der Waals surface area contributed by atoms with E-state index in [4.69, 9.17) is 23.7 Å². The van der Waals surface area contributed by atoms with Gasteiger partial charge in [-0.2, -0.15) is 0 Å². The molecule has 0 amide bonds. The molecule has 1 heterocycles. The molecule has 1 aliphatic rings. The Hall–Kier alpha value is -4.19. The maximum Gasteiger partial charge on any atom is 0.309 e. The first kappa shape index (κ1) is 29.8. The zero-order valence-electron chi connectivity index (χ0n) is 22.9. The molecule has 0 aromatic heterocycles. The Labute approximate surface area is 237 Å². The Kier molecular flexibility index (Phi) is 9.43. The van der Waals surface area contributed by atoms with Crippen molar-refractivity contribution in [2.45, 2.75) is 24.7 Å². The Morgan fingerprint density at radius 1 is 0.829 bits per heavy atom. The Bertz CT molecular complexity index is 1360. The van der Waals surface area contributed by atoms with E-state index in [0.29, 0.717) is 11.1 Å². The number of phenolic OH excluding ortho intramolecular Hbond substituents is 2. The highest BCUT2D eigenvalue weighted by atomic mass is 16.5. The van der Waals surface area contributed by atoms with Crippen LogP contribution in [0.15, 0.2) is 54.6 Å². The number of benzene rings is 3. The number of hydrogen-bond donors (Lipinski definition) is 5. The third kappa shape index (κ3) is 6.43. The Balaban J connectivity index is 1.52. The van der Waals surface area contributed by atoms with Crippen LogP contribution in [0.4, 0.5) is 0 Å². The van der Waals surface area contributed by atoms with E-state index in [2.05, 4.69) is 0 Å². The number of rotatable bonds is 12. The van der Waals surface area contributed by atoms with Gasteiger partial charge in [0, 0.05) is 5.92 Å². The lowest BCUT2D eigenvalue weighted by molar-refractivity contribution is -0.141. The number of cyclic esters (lactones) is 1. The van der Waals surface area contributed by atoms with Gasteiger partial charge in [-0.25, -0.2) is 0 Å². The highest BCUT2D eigenvalue weighted by Gasteiger charge is 2.42. The number of ether oxygens (including phenoxy) is 5. The maximum atomic E-state index is 12.6. The van der Waals surface area contributed by atoms with Crippen LogP contribution in [0.5, 0.6) is 34.5 Å². The number of methoxy groups -OCH3 is 3. The first-order valence-corrected chi connectivity index (χ1v) is 12.9. The van der Waals surface area contributed by atoms with E-state index in [-0.39, 0.29) is 47.5 Å². The van der Waals surface area contributed by atoms with Crippen LogP contribution in [-0.2, 0) is 16.0 Å². The molecule has 1 fully saturated rings. The highest BCUT2D eigenvalue weighted by Crippen LogP contribution is 2.40. The molecule has 0 unspecified atom stereocenters. The van der Waals surface area contributed by atoms with Crippen LogP contribution in [-0.4, -0.2) is 72.1 Å². The van der Waals surface area contributed by atoms with Crippen molar-refractivity contribution in [1.29, 1.82) is 0 Å². The molecule has 0 aliphatic carbocycles. The summed E-state index contributed by atoms with van der Waals surface area (Å²) in [6.07, 6.45) is -3.18. The van der Waals surface area contributed by atoms with Crippen LogP contribution in [0.2, 0.25) is 0 Å². The number of aliphatic hydroxyl groups excluding tert-OH is 3. The largest absolute Gasteiger partial charge is 0.504 e. The van der Waals surface area contributed by atoms with Crippen LogP contribution in [0.3, 0.4) is 0 Å². The summed E-state index contributed by atoms with van der Waals surface area (Å²) in [5.74, 6) is -0.866. The minimum atomic E-state index is -1.27. The van der Waals surface area contributed by atoms with Crippen molar-refractivity contribution in [3.63, 3.8) is 0 Å². The zero-order chi connectivity index (χ0) is 29.7. The van der Waals surface area contributed by atoms with E-state index in [1.807, 2.05) is 0 Å². The number of aliphatic hydroxyl groups is 3. The molecule has 1 aliphatic heterocycles. The molecule has 0 radical (unpaired) electrons. The minimum Gasteiger partial charge on any atom is -0.504 e. The predicted molar refractivity (Wildman–Crippen MR) is 145 cm³/mol. The van der Waals surface area contributed by atoms with E-state index < -0.39 is 42.7 Å². The number of phenols is 2. The summed E-state index contributed by atoms with van der Waals surface area (Å²) in [6.45, 7) is -0.515. The van der Waals surface area contributed by atoms with Crippen LogP contribution in [0, 0.1) is 11.8 Å². The van der Waals surface area contributed by atoms with Crippen molar-refractivity contribution in [3.8, 4) is 34.5 Å². The van der Waals surface area contributed by atoms with Gasteiger partial charge in [0.25, 0.3) is 0 Å². The fourth-order valence-electron chi connectivity index (χ4n) is 4.90. The molecule has 0 bridgehead atoms. The van der Waals surface area contributed by atoms with Gasteiger partial charge in [-0.15, -0.1) is 0 Å². The van der Waals surface area contributed by atoms with Crippen LogP contribution in [0.1, 0.15) is 28.9 Å². The summed E-state index contributed by atoms with van der Waals surface area (Å²) in [7, 11) is 4.23. The van der Waals surface area contributed by atoms with E-state index in [1.54, 1.807) is 30.3 Å². The average molecular weight is 571 g/mol. The fourth-order valence-corrected chi connectivity index (χ4v) is 4.90. The lowest BCUT2D eigenvalue weighted by atomic mass is 9.83. The van der Waals surface area contributed by atoms with Gasteiger partial charge in [-0.05, 0) is 59.5 Å². The lowest BCUT2D eigenvalue weighted by Gasteiger charge is -2.25. The molecule has 5 atom stereocenters. The number of carbonyl (C=O) groups is 1. The molecule has 1 saturated heterocycles. The zero-order valence-corrected chi connectivity index (χ0v) is 22.9. The molecule has 11 heteroatoms. The van der Waals surface area contributed by atoms with Gasteiger partial charge in [0.05, 0.1) is 46.6 Å². The Morgan fingerprint density at radius 3 is 2.10 bits per heavy atom. The summed E-state index contributed by atoms with van der Waals surface area (Å²) in [5.41, 5.74) is 1.55. The third-order valence-corrected chi connectivity index (χ3v) is 7.23. The summed E-state index contributed by atoms with van der Waals surface area (Å²) in [4.78, 5) is 12.6. The van der Waals surface area contributed by atoms with Crippen molar-refractivity contribution in [1.82, 2.24) is 0 Å². The Morgan fingerprint density at radius 2 is 1.44 bits per heavy atom. The molecular formula is C30H34O11. The van der Waals surface area contributed by atoms with Gasteiger partial charge >= 0.3 is 5.97 Å². The monoisotopic (exact) mass is 570 g/mol. The molecule has 3 aromatic carbocycles. The summed E-state index contributed by atoms with van der Waals surface area (Å²) in [6, 6.07) is 13.8. The van der Waals surface area contributed by atoms with Gasteiger partial charge in [0.1, 0.15) is 6.10 Å². The standard InChI is InChI=1S/C30H34O11/c1-37-24-11-16(4-7-21(24)32)10-19-20(15-40-30(19)36)28(34)17-6-9-23(26(13-17)39-3)41-27(14-31)29(35)18-5-8-22(33)25(12-18)38-2/h4-9,11-13,19-20,27-29,31-35H,10,14-15H2,1-3H3/t19-,20+,27-,28-,29+/m1/s1. The minimum absolute atomic E-state index is 0.0185. The topological polar surface area (TPSA) is 164 Å². The second-order valence-corrected chi connectivity index (χ2v) is 9.68. The van der Waals surface area contributed by atoms with Gasteiger partial charge in [-0.1, -0.05) is 18.2 Å². The number of aromatic hydroxyl groups is 2. The molecule has 5 N–H and O–H groups in total. The van der Waals surface area contributed by atoms with Crippen LogP contribution >= 0.6 is 0 Å². The first-order valence-electron chi connectivity index (χ1n) is 12.9. The number of carbonyl (C=O) groups excluding carboxylic acids is 1. The molecule has 0 spiro atoms. The van der Waals surface area contributed by atoms with E-state index in [1.165, 1.54) is 45.6 Å². The van der Waals surface area contributed by atoms with Gasteiger partial charge in [-0.3, -0.25) is 4.79 Å². The van der Waals surface area contributed by atoms with Gasteiger partial charge < -0.3 is 49.2 Å². The summed E-state index contributed by atoms with van der Waals surface area (Å²) in [5, 5.41) is 51.8. The third-order valence-electron chi connectivity index (χ3n) is 7.23. The average Bonchev–Trinajstić information content (AvgIpc) is 3.35. The van der Waals surface area contributed by atoms with Crippen molar-refractivity contribution in [2.24, 2.45) is 11.8 Å². The molecule has 4 rings (SSSR count). The first-order chi connectivity index (χ1) is 19.7. The van der Waals surface area contributed by atoms with Crippen molar-refractivity contribution < 1.29 is 54.0 Å². The SMILES string of the molecule is COc1cc(C[C@H]2C(=O)OC[C@@H]2[C@H](O)c2ccc(O[C@H](CO)[C@@H](O)c3ccc(O)c(OC)c3)c(OC)c2)ccc1O.